The van der Waals surface area contributed by atoms with Gasteiger partial charge in [0.15, 0.2) is 0 Å². The lowest BCUT2D eigenvalue weighted by Gasteiger charge is -2.21. The van der Waals surface area contributed by atoms with E-state index in [2.05, 4.69) is 5.43 Å². The summed E-state index contributed by atoms with van der Waals surface area (Å²) in [6, 6.07) is 4.16. The van der Waals surface area contributed by atoms with Crippen LogP contribution in [-0.2, 0) is 0 Å². The van der Waals surface area contributed by atoms with E-state index in [1.165, 1.54) is 18.2 Å². The SMILES string of the molecule is CCCN(CCC)C(=O)c1ccc([N+](=O)[O-])c(NN)c1. The maximum atomic E-state index is 12.4. The van der Waals surface area contributed by atoms with Gasteiger partial charge in [-0.1, -0.05) is 13.8 Å². The van der Waals surface area contributed by atoms with Gasteiger partial charge in [0.25, 0.3) is 11.6 Å². The van der Waals surface area contributed by atoms with Gasteiger partial charge >= 0.3 is 0 Å². The summed E-state index contributed by atoms with van der Waals surface area (Å²) < 4.78 is 0. The number of hydrazine groups is 1. The number of anilines is 1. The quantitative estimate of drug-likeness (QED) is 0.452. The van der Waals surface area contributed by atoms with Gasteiger partial charge in [-0.2, -0.15) is 0 Å². The van der Waals surface area contributed by atoms with Crippen LogP contribution in [0.1, 0.15) is 37.0 Å². The Labute approximate surface area is 117 Å². The molecule has 3 N–H and O–H groups in total. The largest absolute Gasteiger partial charge is 0.339 e. The number of nitrogens with two attached hydrogens (primary N) is 1. The van der Waals surface area contributed by atoms with Crippen molar-refractivity contribution in [3.8, 4) is 0 Å². The van der Waals surface area contributed by atoms with E-state index in [-0.39, 0.29) is 17.3 Å². The number of nitrogen functional groups attached to an aromatic ring is 1. The molecule has 1 aromatic carbocycles. The van der Waals surface area contributed by atoms with Gasteiger partial charge < -0.3 is 10.3 Å². The van der Waals surface area contributed by atoms with Crippen LogP contribution in [0, 0.1) is 10.1 Å². The van der Waals surface area contributed by atoms with Gasteiger partial charge in [-0.15, -0.1) is 0 Å². The van der Waals surface area contributed by atoms with Crippen molar-refractivity contribution >= 4 is 17.3 Å². The lowest BCUT2D eigenvalue weighted by Crippen LogP contribution is -2.32. The van der Waals surface area contributed by atoms with Crippen LogP contribution >= 0.6 is 0 Å². The average Bonchev–Trinajstić information content (AvgIpc) is 2.45. The van der Waals surface area contributed by atoms with E-state index in [4.69, 9.17) is 5.84 Å². The molecule has 7 nitrogen and oxygen atoms in total. The highest BCUT2D eigenvalue weighted by molar-refractivity contribution is 5.96. The van der Waals surface area contributed by atoms with Crippen molar-refractivity contribution in [3.63, 3.8) is 0 Å². The third kappa shape index (κ3) is 3.67. The second kappa shape index (κ2) is 7.44. The zero-order valence-corrected chi connectivity index (χ0v) is 11.8. The number of nitrogens with zero attached hydrogens (tertiary/aromatic N) is 2. The summed E-state index contributed by atoms with van der Waals surface area (Å²) in [5.41, 5.74) is 2.64. The minimum absolute atomic E-state index is 0.133. The predicted octanol–water partition coefficient (Wildman–Crippen LogP) is 2.14. The van der Waals surface area contributed by atoms with Crippen LogP contribution in [0.2, 0.25) is 0 Å². The predicted molar refractivity (Wildman–Crippen MR) is 77.4 cm³/mol. The Balaban J connectivity index is 3.06. The first-order valence-electron chi connectivity index (χ1n) is 6.59. The van der Waals surface area contributed by atoms with Crippen LogP contribution in [0.5, 0.6) is 0 Å². The molecule has 0 heterocycles. The number of benzene rings is 1. The molecule has 0 atom stereocenters. The molecule has 7 heteroatoms. The van der Waals surface area contributed by atoms with Crippen LogP contribution in [-0.4, -0.2) is 28.8 Å². The summed E-state index contributed by atoms with van der Waals surface area (Å²) in [6.45, 7) is 5.32. The van der Waals surface area contributed by atoms with Gasteiger partial charge in [-0.05, 0) is 25.0 Å². The smallest absolute Gasteiger partial charge is 0.293 e. The van der Waals surface area contributed by atoms with E-state index >= 15 is 0 Å². The van der Waals surface area contributed by atoms with Crippen molar-refractivity contribution in [1.29, 1.82) is 0 Å². The second-order valence-corrected chi connectivity index (χ2v) is 4.43. The zero-order valence-electron chi connectivity index (χ0n) is 11.8. The van der Waals surface area contributed by atoms with Gasteiger partial charge in [0.05, 0.1) is 4.92 Å². The molecule has 1 amide bonds. The Hall–Kier alpha value is -2.15. The van der Waals surface area contributed by atoms with Crippen LogP contribution in [0.25, 0.3) is 0 Å². The van der Waals surface area contributed by atoms with Gasteiger partial charge in [-0.3, -0.25) is 20.8 Å². The molecule has 0 spiro atoms. The number of nitrogens with one attached hydrogen (secondary N) is 1. The van der Waals surface area contributed by atoms with E-state index in [1.807, 2.05) is 13.8 Å². The van der Waals surface area contributed by atoms with Crippen molar-refractivity contribution < 1.29 is 9.72 Å². The van der Waals surface area contributed by atoms with Crippen molar-refractivity contribution in [2.75, 3.05) is 18.5 Å². The third-order valence-electron chi connectivity index (χ3n) is 2.87. The molecule has 1 rings (SSSR count). The van der Waals surface area contributed by atoms with Crippen molar-refractivity contribution in [1.82, 2.24) is 4.90 Å². The van der Waals surface area contributed by atoms with Gasteiger partial charge in [0.2, 0.25) is 0 Å². The summed E-state index contributed by atoms with van der Waals surface area (Å²) in [5.74, 6) is 5.13. The molecule has 0 saturated carbocycles. The van der Waals surface area contributed by atoms with E-state index in [0.29, 0.717) is 18.7 Å². The van der Waals surface area contributed by atoms with Crippen LogP contribution in [0.3, 0.4) is 0 Å². The molecule has 0 aliphatic carbocycles. The molecular formula is C13H20N4O3. The molecule has 20 heavy (non-hydrogen) atoms. The van der Waals surface area contributed by atoms with Gasteiger partial charge in [0, 0.05) is 24.7 Å². The summed E-state index contributed by atoms with van der Waals surface area (Å²) in [4.78, 5) is 24.4. The Morgan fingerprint density at radius 2 is 1.95 bits per heavy atom. The maximum Gasteiger partial charge on any atom is 0.293 e. The molecule has 0 bridgehead atoms. The van der Waals surface area contributed by atoms with Crippen molar-refractivity contribution in [2.24, 2.45) is 5.84 Å². The minimum atomic E-state index is -0.542. The first-order chi connectivity index (χ1) is 9.54. The summed E-state index contributed by atoms with van der Waals surface area (Å²) in [6.07, 6.45) is 1.72. The topological polar surface area (TPSA) is 102 Å². The number of hydrogen-bond donors (Lipinski definition) is 2. The fourth-order valence-electron chi connectivity index (χ4n) is 1.98. The lowest BCUT2D eigenvalue weighted by molar-refractivity contribution is -0.384. The lowest BCUT2D eigenvalue weighted by atomic mass is 10.1. The molecule has 1 aromatic rings. The highest BCUT2D eigenvalue weighted by Crippen LogP contribution is 2.25. The Kier molecular flexibility index (Phi) is 5.92. The standard InChI is InChI=1S/C13H20N4O3/c1-3-7-16(8-4-2)13(18)10-5-6-12(17(19)20)11(9-10)15-14/h5-6,9,15H,3-4,7-8,14H2,1-2H3. The molecule has 0 fully saturated rings. The Morgan fingerprint density at radius 3 is 2.40 bits per heavy atom. The highest BCUT2D eigenvalue weighted by atomic mass is 16.6. The number of carbonyl (C=O) groups excluding carboxylic acids is 1. The fraction of sp³-hybridized carbons (Fsp3) is 0.462. The summed E-state index contributed by atoms with van der Waals surface area (Å²) >= 11 is 0. The van der Waals surface area contributed by atoms with Gasteiger partial charge in [0.1, 0.15) is 5.69 Å². The first-order valence-corrected chi connectivity index (χ1v) is 6.59. The maximum absolute atomic E-state index is 12.4. The first kappa shape index (κ1) is 15.9. The number of nitro benzene ring substituents is 1. The number of nitro groups is 1. The van der Waals surface area contributed by atoms with E-state index < -0.39 is 4.92 Å². The summed E-state index contributed by atoms with van der Waals surface area (Å²) in [7, 11) is 0. The molecule has 0 saturated heterocycles. The Bertz CT molecular complexity index is 485. The molecule has 0 aromatic heterocycles. The number of hydrogen-bond acceptors (Lipinski definition) is 5. The molecule has 110 valence electrons. The summed E-state index contributed by atoms with van der Waals surface area (Å²) in [5, 5.41) is 10.8. The Morgan fingerprint density at radius 1 is 1.35 bits per heavy atom. The van der Waals surface area contributed by atoms with E-state index in [9.17, 15) is 14.9 Å². The van der Waals surface area contributed by atoms with Crippen molar-refractivity contribution in [2.45, 2.75) is 26.7 Å². The van der Waals surface area contributed by atoms with Crippen LogP contribution in [0.4, 0.5) is 11.4 Å². The van der Waals surface area contributed by atoms with Gasteiger partial charge in [-0.25, -0.2) is 0 Å². The molecule has 0 unspecified atom stereocenters. The zero-order chi connectivity index (χ0) is 15.1. The third-order valence-corrected chi connectivity index (χ3v) is 2.87. The van der Waals surface area contributed by atoms with E-state index in [0.717, 1.165) is 12.8 Å². The number of rotatable bonds is 7. The van der Waals surface area contributed by atoms with E-state index in [1.54, 1.807) is 4.90 Å². The molecule has 0 radical (unpaired) electrons. The van der Waals surface area contributed by atoms with Crippen molar-refractivity contribution in [3.05, 3.63) is 33.9 Å². The molecule has 0 aliphatic rings. The fourth-order valence-corrected chi connectivity index (χ4v) is 1.98. The molecular weight excluding hydrogens is 260 g/mol. The second-order valence-electron chi connectivity index (χ2n) is 4.43. The van der Waals surface area contributed by atoms with Crippen LogP contribution in [0.15, 0.2) is 18.2 Å². The minimum Gasteiger partial charge on any atom is -0.339 e. The number of amides is 1. The average molecular weight is 280 g/mol. The molecule has 0 aliphatic heterocycles. The normalized spacial score (nSPS) is 10.2. The monoisotopic (exact) mass is 280 g/mol. The van der Waals surface area contributed by atoms with Crippen LogP contribution < -0.4 is 11.3 Å². The number of carbonyl (C=O) groups is 1. The highest BCUT2D eigenvalue weighted by Gasteiger charge is 2.19.